The van der Waals surface area contributed by atoms with E-state index in [1.165, 1.54) is 0 Å². The molecule has 0 saturated carbocycles. The molecule has 28 heavy (non-hydrogen) atoms. The molecule has 0 aliphatic rings. The van der Waals surface area contributed by atoms with E-state index >= 15 is 0 Å². The van der Waals surface area contributed by atoms with Crippen LogP contribution in [0.1, 0.15) is 24.2 Å². The summed E-state index contributed by atoms with van der Waals surface area (Å²) >= 11 is 0. The third-order valence-corrected chi connectivity index (χ3v) is 4.02. The number of carbonyl (C=O) groups excluding carboxylic acids is 1. The van der Waals surface area contributed by atoms with Crippen molar-refractivity contribution in [2.45, 2.75) is 13.0 Å². The maximum Gasteiger partial charge on any atom is 0.270 e. The minimum absolute atomic E-state index is 0.317. The molecule has 5 nitrogen and oxygen atoms in total. The van der Waals surface area contributed by atoms with Crippen LogP contribution >= 0.6 is 0 Å². The van der Waals surface area contributed by atoms with Gasteiger partial charge in [-0.1, -0.05) is 42.5 Å². The van der Waals surface area contributed by atoms with Crippen molar-refractivity contribution in [1.82, 2.24) is 0 Å². The second kappa shape index (κ2) is 9.24. The average molecular weight is 372 g/mol. The van der Waals surface area contributed by atoms with Crippen LogP contribution in [0.15, 0.2) is 78.9 Å². The molecule has 0 saturated heterocycles. The van der Waals surface area contributed by atoms with E-state index in [2.05, 4.69) is 11.4 Å². The minimum atomic E-state index is -0.858. The van der Waals surface area contributed by atoms with Gasteiger partial charge in [0.1, 0.15) is 11.5 Å². The fourth-order valence-corrected chi connectivity index (χ4v) is 2.69. The molecule has 3 rings (SSSR count). The number of benzene rings is 3. The van der Waals surface area contributed by atoms with Gasteiger partial charge in [0.2, 0.25) is 6.10 Å². The van der Waals surface area contributed by atoms with Gasteiger partial charge < -0.3 is 14.8 Å². The molecule has 1 N–H and O–H groups in total. The van der Waals surface area contributed by atoms with Gasteiger partial charge >= 0.3 is 0 Å². The van der Waals surface area contributed by atoms with Crippen molar-refractivity contribution >= 4 is 11.6 Å². The zero-order valence-corrected chi connectivity index (χ0v) is 15.5. The Morgan fingerprint density at radius 2 is 1.68 bits per heavy atom. The van der Waals surface area contributed by atoms with E-state index in [1.807, 2.05) is 49.4 Å². The van der Waals surface area contributed by atoms with E-state index in [-0.39, 0.29) is 5.91 Å². The molecular weight excluding hydrogens is 352 g/mol. The van der Waals surface area contributed by atoms with Gasteiger partial charge in [-0.3, -0.25) is 4.79 Å². The van der Waals surface area contributed by atoms with Gasteiger partial charge in [-0.25, -0.2) is 0 Å². The predicted octanol–water partition coefficient (Wildman–Crippen LogP) is 4.72. The molecule has 0 spiro atoms. The molecule has 3 aromatic rings. The molecule has 0 heterocycles. The molecule has 3 aromatic carbocycles. The van der Waals surface area contributed by atoms with Gasteiger partial charge in [0.05, 0.1) is 23.9 Å². The maximum absolute atomic E-state index is 13.1. The van der Waals surface area contributed by atoms with Crippen LogP contribution in [0.4, 0.5) is 5.69 Å². The number of anilines is 1. The van der Waals surface area contributed by atoms with Crippen molar-refractivity contribution in [2.75, 3.05) is 11.9 Å². The minimum Gasteiger partial charge on any atom is -0.492 e. The van der Waals surface area contributed by atoms with Gasteiger partial charge in [0, 0.05) is 5.56 Å². The second-order valence-electron chi connectivity index (χ2n) is 5.96. The number of rotatable bonds is 7. The molecular formula is C23H20N2O3. The van der Waals surface area contributed by atoms with Crippen LogP contribution < -0.4 is 14.8 Å². The van der Waals surface area contributed by atoms with Crippen LogP contribution in [0.25, 0.3) is 0 Å². The quantitative estimate of drug-likeness (QED) is 0.652. The molecule has 140 valence electrons. The predicted molar refractivity (Wildman–Crippen MR) is 107 cm³/mol. The maximum atomic E-state index is 13.1. The topological polar surface area (TPSA) is 71.3 Å². The Kier molecular flexibility index (Phi) is 6.27. The van der Waals surface area contributed by atoms with Gasteiger partial charge in [-0.15, -0.1) is 0 Å². The van der Waals surface area contributed by atoms with Crippen LogP contribution in [0.2, 0.25) is 0 Å². The molecule has 1 amide bonds. The number of hydrogen-bond donors (Lipinski definition) is 1. The van der Waals surface area contributed by atoms with E-state index < -0.39 is 6.10 Å². The number of hydrogen-bond acceptors (Lipinski definition) is 4. The van der Waals surface area contributed by atoms with E-state index in [0.29, 0.717) is 29.4 Å². The molecule has 0 unspecified atom stereocenters. The lowest BCUT2D eigenvalue weighted by Crippen LogP contribution is -2.26. The Labute approximate surface area is 164 Å². The third-order valence-electron chi connectivity index (χ3n) is 4.02. The second-order valence-corrected chi connectivity index (χ2v) is 5.96. The average Bonchev–Trinajstić information content (AvgIpc) is 2.74. The SMILES string of the molecule is CCOc1ccccc1NC(=O)[C@H](Oc1ccc(C#N)cc1)c1ccccc1. The largest absolute Gasteiger partial charge is 0.492 e. The number of nitriles is 1. The first-order valence-corrected chi connectivity index (χ1v) is 8.95. The highest BCUT2D eigenvalue weighted by Crippen LogP contribution is 2.28. The number of nitrogens with zero attached hydrogens (tertiary/aromatic N) is 1. The molecule has 5 heteroatoms. The Balaban J connectivity index is 1.86. The monoisotopic (exact) mass is 372 g/mol. The smallest absolute Gasteiger partial charge is 0.270 e. The Morgan fingerprint density at radius 3 is 2.36 bits per heavy atom. The lowest BCUT2D eigenvalue weighted by atomic mass is 10.1. The number of carbonyl (C=O) groups is 1. The summed E-state index contributed by atoms with van der Waals surface area (Å²) in [4.78, 5) is 13.1. The van der Waals surface area contributed by atoms with Crippen molar-refractivity contribution < 1.29 is 14.3 Å². The van der Waals surface area contributed by atoms with Gasteiger partial charge in [0.25, 0.3) is 5.91 Å². The molecule has 0 aliphatic heterocycles. The molecule has 0 fully saturated rings. The summed E-state index contributed by atoms with van der Waals surface area (Å²) in [5.41, 5.74) is 1.83. The highest BCUT2D eigenvalue weighted by molar-refractivity contribution is 5.96. The summed E-state index contributed by atoms with van der Waals surface area (Å²) in [6, 6.07) is 25.2. The first-order chi connectivity index (χ1) is 13.7. The van der Waals surface area contributed by atoms with Crippen molar-refractivity contribution in [1.29, 1.82) is 5.26 Å². The molecule has 0 aromatic heterocycles. The van der Waals surface area contributed by atoms with Crippen molar-refractivity contribution in [3.05, 3.63) is 90.0 Å². The summed E-state index contributed by atoms with van der Waals surface area (Å²) in [7, 11) is 0. The number of nitrogens with one attached hydrogen (secondary N) is 1. The van der Waals surface area contributed by atoms with Crippen molar-refractivity contribution in [2.24, 2.45) is 0 Å². The Bertz CT molecular complexity index is 963. The zero-order valence-electron chi connectivity index (χ0n) is 15.5. The highest BCUT2D eigenvalue weighted by Gasteiger charge is 2.23. The Hall–Kier alpha value is -3.78. The Morgan fingerprint density at radius 1 is 1.00 bits per heavy atom. The summed E-state index contributed by atoms with van der Waals surface area (Å²) in [6.45, 7) is 2.39. The van der Waals surface area contributed by atoms with Crippen LogP contribution in [0.3, 0.4) is 0 Å². The third kappa shape index (κ3) is 4.68. The molecule has 0 radical (unpaired) electrons. The van der Waals surface area contributed by atoms with Gasteiger partial charge in [0.15, 0.2) is 0 Å². The van der Waals surface area contributed by atoms with Crippen LogP contribution in [0, 0.1) is 11.3 Å². The number of para-hydroxylation sites is 2. The van der Waals surface area contributed by atoms with Gasteiger partial charge in [-0.05, 0) is 43.3 Å². The van der Waals surface area contributed by atoms with Gasteiger partial charge in [-0.2, -0.15) is 5.26 Å². The number of amides is 1. The molecule has 1 atom stereocenters. The standard InChI is InChI=1S/C23H20N2O3/c1-2-27-21-11-7-6-10-20(21)25-23(26)22(18-8-4-3-5-9-18)28-19-14-12-17(16-24)13-15-19/h3-15,22H,2H2,1H3,(H,25,26)/t22-/m1/s1. The molecule has 0 aliphatic carbocycles. The lowest BCUT2D eigenvalue weighted by molar-refractivity contribution is -0.123. The van der Waals surface area contributed by atoms with Crippen LogP contribution in [-0.4, -0.2) is 12.5 Å². The summed E-state index contributed by atoms with van der Waals surface area (Å²) in [5, 5.41) is 11.8. The highest BCUT2D eigenvalue weighted by atomic mass is 16.5. The fourth-order valence-electron chi connectivity index (χ4n) is 2.69. The normalized spacial score (nSPS) is 11.1. The zero-order chi connectivity index (χ0) is 19.8. The van der Waals surface area contributed by atoms with E-state index in [1.54, 1.807) is 36.4 Å². The van der Waals surface area contributed by atoms with Crippen LogP contribution in [-0.2, 0) is 4.79 Å². The van der Waals surface area contributed by atoms with Crippen molar-refractivity contribution in [3.63, 3.8) is 0 Å². The van der Waals surface area contributed by atoms with Crippen LogP contribution in [0.5, 0.6) is 11.5 Å². The summed E-state index contributed by atoms with van der Waals surface area (Å²) < 4.78 is 11.6. The fraction of sp³-hybridized carbons (Fsp3) is 0.130. The first kappa shape index (κ1) is 19.0. The summed E-state index contributed by atoms with van der Waals surface area (Å²) in [5.74, 6) is 0.785. The lowest BCUT2D eigenvalue weighted by Gasteiger charge is -2.20. The first-order valence-electron chi connectivity index (χ1n) is 8.95. The summed E-state index contributed by atoms with van der Waals surface area (Å²) in [6.07, 6.45) is -0.858. The number of ether oxygens (including phenoxy) is 2. The van der Waals surface area contributed by atoms with E-state index in [4.69, 9.17) is 14.7 Å². The van der Waals surface area contributed by atoms with E-state index in [9.17, 15) is 4.79 Å². The van der Waals surface area contributed by atoms with E-state index in [0.717, 1.165) is 5.56 Å². The molecule has 0 bridgehead atoms. The van der Waals surface area contributed by atoms with Crippen molar-refractivity contribution in [3.8, 4) is 17.6 Å².